The number of nitrogens with one attached hydrogen (secondary N) is 2. The van der Waals surface area contributed by atoms with Crippen LogP contribution in [0.3, 0.4) is 0 Å². The Kier molecular flexibility index (Phi) is 7.36. The second kappa shape index (κ2) is 10.2. The molecule has 1 heterocycles. The molecule has 0 aliphatic heterocycles. The van der Waals surface area contributed by atoms with Crippen molar-refractivity contribution in [1.29, 1.82) is 0 Å². The van der Waals surface area contributed by atoms with E-state index in [1.54, 1.807) is 6.07 Å². The van der Waals surface area contributed by atoms with Gasteiger partial charge >= 0.3 is 0 Å². The number of anilines is 1. The van der Waals surface area contributed by atoms with Crippen molar-refractivity contribution in [2.24, 2.45) is 0 Å². The highest BCUT2D eigenvalue weighted by Crippen LogP contribution is 2.17. The first-order chi connectivity index (χ1) is 14.5. The Hall–Kier alpha value is -2.99. The summed E-state index contributed by atoms with van der Waals surface area (Å²) in [4.78, 5) is 34.4. The van der Waals surface area contributed by atoms with Crippen LogP contribution in [-0.2, 0) is 11.3 Å². The van der Waals surface area contributed by atoms with Crippen molar-refractivity contribution in [2.75, 3.05) is 18.4 Å². The maximum atomic E-state index is 12.6. The first-order valence-corrected chi connectivity index (χ1v) is 10.6. The highest BCUT2D eigenvalue weighted by Gasteiger charge is 2.14. The van der Waals surface area contributed by atoms with E-state index in [1.165, 1.54) is 5.56 Å². The SMILES string of the molecule is CCCCN(CC(=O)Nc1ccc(C(C)C)cc1)Cc1nc2ccccc2c(=O)[nH]1. The average molecular weight is 407 g/mol. The quantitative estimate of drug-likeness (QED) is 0.556. The number of nitrogens with zero attached hydrogens (tertiary/aromatic N) is 2. The average Bonchev–Trinajstić information content (AvgIpc) is 2.72. The lowest BCUT2D eigenvalue weighted by Crippen LogP contribution is -2.34. The molecule has 0 spiro atoms. The minimum Gasteiger partial charge on any atom is -0.325 e. The van der Waals surface area contributed by atoms with E-state index >= 15 is 0 Å². The molecule has 0 unspecified atom stereocenters. The molecule has 0 aliphatic carbocycles. The number of carbonyl (C=O) groups is 1. The van der Waals surface area contributed by atoms with Crippen molar-refractivity contribution in [3.8, 4) is 0 Å². The van der Waals surface area contributed by atoms with Crippen molar-refractivity contribution in [2.45, 2.75) is 46.1 Å². The Morgan fingerprint density at radius 1 is 1.13 bits per heavy atom. The van der Waals surface area contributed by atoms with Crippen molar-refractivity contribution in [1.82, 2.24) is 14.9 Å². The highest BCUT2D eigenvalue weighted by atomic mass is 16.2. The zero-order valence-corrected chi connectivity index (χ0v) is 17.9. The van der Waals surface area contributed by atoms with Gasteiger partial charge in [-0.05, 0) is 48.7 Å². The number of para-hydroxylation sites is 1. The van der Waals surface area contributed by atoms with Gasteiger partial charge in [-0.15, -0.1) is 0 Å². The second-order valence-corrected chi connectivity index (χ2v) is 7.92. The third-order valence-corrected chi connectivity index (χ3v) is 5.09. The Labute approximate surface area is 177 Å². The Morgan fingerprint density at radius 3 is 2.57 bits per heavy atom. The number of aromatic amines is 1. The molecule has 0 aliphatic rings. The van der Waals surface area contributed by atoms with Crippen LogP contribution in [0, 0.1) is 0 Å². The Morgan fingerprint density at radius 2 is 1.87 bits per heavy atom. The molecule has 0 radical (unpaired) electrons. The molecule has 0 fully saturated rings. The molecule has 158 valence electrons. The molecule has 1 amide bonds. The monoisotopic (exact) mass is 406 g/mol. The van der Waals surface area contributed by atoms with Gasteiger partial charge in [-0.2, -0.15) is 0 Å². The third kappa shape index (κ3) is 5.76. The first-order valence-electron chi connectivity index (χ1n) is 10.6. The second-order valence-electron chi connectivity index (χ2n) is 7.92. The van der Waals surface area contributed by atoms with Gasteiger partial charge in [0.1, 0.15) is 5.82 Å². The zero-order valence-electron chi connectivity index (χ0n) is 17.9. The third-order valence-electron chi connectivity index (χ3n) is 5.09. The Balaban J connectivity index is 1.69. The van der Waals surface area contributed by atoms with E-state index in [1.807, 2.05) is 47.4 Å². The lowest BCUT2D eigenvalue weighted by molar-refractivity contribution is -0.117. The van der Waals surface area contributed by atoms with E-state index in [-0.39, 0.29) is 18.0 Å². The van der Waals surface area contributed by atoms with E-state index in [0.29, 0.717) is 29.2 Å². The van der Waals surface area contributed by atoms with Gasteiger partial charge < -0.3 is 10.3 Å². The van der Waals surface area contributed by atoms with Gasteiger partial charge in [0.25, 0.3) is 5.56 Å². The van der Waals surface area contributed by atoms with E-state index < -0.39 is 0 Å². The lowest BCUT2D eigenvalue weighted by Gasteiger charge is -2.21. The molecule has 0 saturated heterocycles. The van der Waals surface area contributed by atoms with E-state index in [4.69, 9.17) is 0 Å². The van der Waals surface area contributed by atoms with Crippen LogP contribution in [0.5, 0.6) is 0 Å². The van der Waals surface area contributed by atoms with Crippen LogP contribution in [0.2, 0.25) is 0 Å². The molecule has 2 aromatic carbocycles. The molecule has 2 N–H and O–H groups in total. The molecule has 0 bridgehead atoms. The largest absolute Gasteiger partial charge is 0.325 e. The molecule has 30 heavy (non-hydrogen) atoms. The van der Waals surface area contributed by atoms with Gasteiger partial charge in [0.05, 0.1) is 24.0 Å². The van der Waals surface area contributed by atoms with Gasteiger partial charge in [-0.1, -0.05) is 51.5 Å². The molecular formula is C24H30N4O2. The number of unbranched alkanes of at least 4 members (excludes halogenated alkanes) is 1. The maximum absolute atomic E-state index is 12.6. The number of hydrogen-bond donors (Lipinski definition) is 2. The Bertz CT molecular complexity index is 1040. The van der Waals surface area contributed by atoms with Crippen LogP contribution in [-0.4, -0.2) is 33.9 Å². The summed E-state index contributed by atoms with van der Waals surface area (Å²) in [5, 5.41) is 3.54. The summed E-state index contributed by atoms with van der Waals surface area (Å²) >= 11 is 0. The van der Waals surface area contributed by atoms with Crippen LogP contribution < -0.4 is 10.9 Å². The fourth-order valence-corrected chi connectivity index (χ4v) is 3.37. The fourth-order valence-electron chi connectivity index (χ4n) is 3.37. The number of H-pyrrole nitrogens is 1. The van der Waals surface area contributed by atoms with Crippen LogP contribution in [0.15, 0.2) is 53.3 Å². The van der Waals surface area contributed by atoms with Gasteiger partial charge in [-0.3, -0.25) is 14.5 Å². The number of hydrogen-bond acceptors (Lipinski definition) is 4. The molecule has 6 heteroatoms. The number of carbonyl (C=O) groups excluding carboxylic acids is 1. The van der Waals surface area contributed by atoms with E-state index in [0.717, 1.165) is 25.1 Å². The summed E-state index contributed by atoms with van der Waals surface area (Å²) in [6.45, 7) is 7.81. The predicted octanol–water partition coefficient (Wildman–Crippen LogP) is 4.29. The molecule has 3 aromatic rings. The standard InChI is InChI=1S/C24H30N4O2/c1-4-5-14-28(15-22-26-21-9-7-6-8-20(21)24(30)27-22)16-23(29)25-19-12-10-18(11-13-19)17(2)3/h6-13,17H,4-5,14-16H2,1-3H3,(H,25,29)(H,26,27,30). The fraction of sp³-hybridized carbons (Fsp3) is 0.375. The minimum atomic E-state index is -0.152. The van der Waals surface area contributed by atoms with Crippen molar-refractivity contribution in [3.63, 3.8) is 0 Å². The molecule has 0 saturated carbocycles. The van der Waals surface area contributed by atoms with Gasteiger partial charge in [-0.25, -0.2) is 4.98 Å². The van der Waals surface area contributed by atoms with Crippen LogP contribution in [0.1, 0.15) is 50.9 Å². The molecule has 0 atom stereocenters. The highest BCUT2D eigenvalue weighted by molar-refractivity contribution is 5.92. The summed E-state index contributed by atoms with van der Waals surface area (Å²) in [6.07, 6.45) is 1.99. The minimum absolute atomic E-state index is 0.0773. The number of rotatable bonds is 9. The molecular weight excluding hydrogens is 376 g/mol. The van der Waals surface area contributed by atoms with Crippen molar-refractivity contribution in [3.05, 3.63) is 70.3 Å². The smallest absolute Gasteiger partial charge is 0.258 e. The summed E-state index contributed by atoms with van der Waals surface area (Å²) in [5.74, 6) is 0.950. The lowest BCUT2D eigenvalue weighted by atomic mass is 10.0. The zero-order chi connectivity index (χ0) is 21.5. The summed E-state index contributed by atoms with van der Waals surface area (Å²) in [6, 6.07) is 15.2. The topological polar surface area (TPSA) is 78.1 Å². The molecule has 3 rings (SSSR count). The normalized spacial score (nSPS) is 11.4. The van der Waals surface area contributed by atoms with Crippen molar-refractivity contribution >= 4 is 22.5 Å². The van der Waals surface area contributed by atoms with Crippen LogP contribution in [0.25, 0.3) is 10.9 Å². The van der Waals surface area contributed by atoms with E-state index in [9.17, 15) is 9.59 Å². The number of fused-ring (bicyclic) bond motifs is 1. The number of benzene rings is 2. The molecule has 6 nitrogen and oxygen atoms in total. The number of amides is 1. The maximum Gasteiger partial charge on any atom is 0.258 e. The van der Waals surface area contributed by atoms with E-state index in [2.05, 4.69) is 36.1 Å². The summed E-state index contributed by atoms with van der Waals surface area (Å²) in [5.41, 5.74) is 2.54. The first kappa shape index (κ1) is 21.7. The molecule has 1 aromatic heterocycles. The van der Waals surface area contributed by atoms with Gasteiger partial charge in [0.15, 0.2) is 0 Å². The van der Waals surface area contributed by atoms with Crippen LogP contribution in [0.4, 0.5) is 5.69 Å². The van der Waals surface area contributed by atoms with Gasteiger partial charge in [0, 0.05) is 5.69 Å². The van der Waals surface area contributed by atoms with Crippen molar-refractivity contribution < 1.29 is 4.79 Å². The summed E-state index contributed by atoms with van der Waals surface area (Å²) < 4.78 is 0. The van der Waals surface area contributed by atoms with Crippen LogP contribution >= 0.6 is 0 Å². The summed E-state index contributed by atoms with van der Waals surface area (Å²) in [7, 11) is 0. The number of aromatic nitrogens is 2. The predicted molar refractivity (Wildman–Crippen MR) is 122 cm³/mol. The van der Waals surface area contributed by atoms with Gasteiger partial charge in [0.2, 0.25) is 5.91 Å².